The molecule has 0 N–H and O–H groups in total. The van der Waals surface area contributed by atoms with Crippen LogP contribution < -0.4 is 94.6 Å². The predicted molar refractivity (Wildman–Crippen MR) is 371 cm³/mol. The number of rotatable bonds is 4. The highest BCUT2D eigenvalue weighted by Gasteiger charge is 2.53. The van der Waals surface area contributed by atoms with E-state index >= 15 is 0 Å². The lowest BCUT2D eigenvalue weighted by Crippen LogP contribution is -2.68. The summed E-state index contributed by atoms with van der Waals surface area (Å²) in [7, 11) is 0. The molecule has 0 atom stereocenters. The van der Waals surface area contributed by atoms with Crippen LogP contribution in [0.5, 0.6) is 23.0 Å². The smallest absolute Gasteiger partial charge is 0.256 e. The Morgan fingerprint density at radius 2 is 0.539 bits per heavy atom. The molecule has 0 unspecified atom stereocenters. The van der Waals surface area contributed by atoms with Gasteiger partial charge in [-0.1, -0.05) is 170 Å². The standard InChI is InChI=1S/C78H45B4N5O2/c1-5-21-46(22-6-1)83-60-35-19-39-70-72(60)79(52-31-13-15-37-68(52)88-70)56-41-58-64(43-62(56)83)85(48-25-9-3-10-26-48)66-45-67-75-78-74(66)81(58)54-33-17-29-50-51-30-18-34-55(77(51)87(78)76(50)54)82(75)59-42-57-63(44-65(59)86(67)49-27-11-4-12-28-49)84(47-23-7-2-8-24-47)61-36-20-40-71-73(61)80(57)53-32-14-16-38-69(53)89-71/h1-45H. The summed E-state index contributed by atoms with van der Waals surface area (Å²) in [4.78, 5) is 10.2. The van der Waals surface area contributed by atoms with Crippen LogP contribution in [-0.4, -0.2) is 31.4 Å². The first-order valence-corrected chi connectivity index (χ1v) is 31.0. The van der Waals surface area contributed by atoms with Crippen molar-refractivity contribution in [2.75, 3.05) is 19.6 Å². The van der Waals surface area contributed by atoms with Crippen molar-refractivity contribution in [1.82, 2.24) is 4.57 Å². The number of fused-ring (bicyclic) bond motifs is 15. The van der Waals surface area contributed by atoms with Crippen LogP contribution in [0, 0.1) is 0 Å². The molecule has 14 aromatic rings. The third-order valence-electron chi connectivity index (χ3n) is 20.8. The maximum Gasteiger partial charge on any atom is 0.256 e. The molecule has 0 radical (unpaired) electrons. The van der Waals surface area contributed by atoms with Crippen LogP contribution in [-0.2, 0) is 0 Å². The number of nitrogens with zero attached hydrogens (tertiary/aromatic N) is 5. The highest BCUT2D eigenvalue weighted by molar-refractivity contribution is 7.06. The maximum absolute atomic E-state index is 6.91. The van der Waals surface area contributed by atoms with E-state index in [1.807, 2.05) is 0 Å². The van der Waals surface area contributed by atoms with Gasteiger partial charge in [0.15, 0.2) is 0 Å². The molecule has 1 aromatic heterocycles. The van der Waals surface area contributed by atoms with Crippen LogP contribution in [0.1, 0.15) is 0 Å². The summed E-state index contributed by atoms with van der Waals surface area (Å²) in [5.41, 5.74) is 32.8. The Bertz CT molecular complexity index is 5190. The van der Waals surface area contributed by atoms with Crippen molar-refractivity contribution in [3.8, 4) is 28.7 Å². The molecule has 0 aliphatic carbocycles. The fourth-order valence-corrected chi connectivity index (χ4v) is 17.6. The SMILES string of the molecule is c1ccc(N2c3cc4c(cc3B3c5ccccc5Oc5cccc2c53)B2c3c(cc5c6c3-n3c7c2cccc7c2cccc(c23)B6c2cc3c(cc2N5c2ccccc2)N(c2ccccc2)c2cccc5c2B3c2ccccc2O5)N4c2ccccc2)cc1. The highest BCUT2D eigenvalue weighted by atomic mass is 16.5. The maximum atomic E-state index is 6.91. The van der Waals surface area contributed by atoms with E-state index in [4.69, 9.17) is 9.47 Å². The van der Waals surface area contributed by atoms with Crippen LogP contribution in [0.4, 0.5) is 68.2 Å². The Balaban J connectivity index is 0.886. The van der Waals surface area contributed by atoms with Crippen molar-refractivity contribution in [2.24, 2.45) is 0 Å². The molecule has 11 heteroatoms. The second kappa shape index (κ2) is 16.8. The molecule has 0 amide bonds. The summed E-state index contributed by atoms with van der Waals surface area (Å²) < 4.78 is 16.5. The third kappa shape index (κ3) is 5.84. The first kappa shape index (κ1) is 46.9. The van der Waals surface area contributed by atoms with E-state index in [0.29, 0.717) is 0 Å². The number of anilines is 12. The molecule has 22 rings (SSSR count). The molecule has 13 aromatic carbocycles. The first-order chi connectivity index (χ1) is 44.2. The fourth-order valence-electron chi connectivity index (χ4n) is 17.6. The molecule has 0 bridgehead atoms. The number of hydrogen-bond acceptors (Lipinski definition) is 6. The number of ether oxygens (including phenoxy) is 2. The van der Waals surface area contributed by atoms with E-state index in [-0.39, 0.29) is 26.9 Å². The van der Waals surface area contributed by atoms with Gasteiger partial charge in [0.1, 0.15) is 23.0 Å². The fraction of sp³-hybridized carbons (Fsp3) is 0. The summed E-state index contributed by atoms with van der Waals surface area (Å²) in [6, 6.07) is 102. The predicted octanol–water partition coefficient (Wildman–Crippen LogP) is 10.8. The summed E-state index contributed by atoms with van der Waals surface area (Å²) in [5, 5.41) is 2.57. The third-order valence-corrected chi connectivity index (χ3v) is 20.8. The average Bonchev–Trinajstić information content (AvgIpc) is 1.58. The zero-order valence-electron chi connectivity index (χ0n) is 47.8. The summed E-state index contributed by atoms with van der Waals surface area (Å²) in [6.07, 6.45) is 0. The van der Waals surface area contributed by atoms with Gasteiger partial charge in [-0.2, -0.15) is 0 Å². The molecule has 8 aliphatic rings. The molecular weight excluding hydrogens is 1080 g/mol. The molecule has 0 spiro atoms. The lowest BCUT2D eigenvalue weighted by atomic mass is 9.28. The van der Waals surface area contributed by atoms with Gasteiger partial charge in [-0.3, -0.25) is 0 Å². The van der Waals surface area contributed by atoms with E-state index in [2.05, 4.69) is 297 Å². The molecule has 0 saturated carbocycles. The topological polar surface area (TPSA) is 36.4 Å². The van der Waals surface area contributed by atoms with Crippen molar-refractivity contribution in [1.29, 1.82) is 0 Å². The number of benzene rings is 13. The van der Waals surface area contributed by atoms with Crippen LogP contribution in [0.2, 0.25) is 0 Å². The Morgan fingerprint density at radius 1 is 0.225 bits per heavy atom. The lowest BCUT2D eigenvalue weighted by molar-refractivity contribution is 0.487. The van der Waals surface area contributed by atoms with Crippen molar-refractivity contribution < 1.29 is 9.47 Å². The second-order valence-electron chi connectivity index (χ2n) is 24.9. The van der Waals surface area contributed by atoms with E-state index < -0.39 is 0 Å². The quantitative estimate of drug-likeness (QED) is 0.164. The van der Waals surface area contributed by atoms with E-state index in [0.717, 1.165) is 68.5 Å². The average molecular weight is 1130 g/mol. The Kier molecular flexibility index (Phi) is 8.87. The van der Waals surface area contributed by atoms with E-state index in [1.54, 1.807) is 0 Å². The minimum Gasteiger partial charge on any atom is -0.458 e. The highest BCUT2D eigenvalue weighted by Crippen LogP contribution is 2.51. The lowest BCUT2D eigenvalue weighted by Gasteiger charge is -2.48. The van der Waals surface area contributed by atoms with Gasteiger partial charge < -0.3 is 33.6 Å². The zero-order valence-corrected chi connectivity index (χ0v) is 47.8. The molecule has 7 nitrogen and oxygen atoms in total. The Labute approximate surface area is 514 Å². The van der Waals surface area contributed by atoms with E-state index in [9.17, 15) is 0 Å². The molecule has 0 fully saturated rings. The van der Waals surface area contributed by atoms with Crippen LogP contribution in [0.15, 0.2) is 273 Å². The van der Waals surface area contributed by atoms with Crippen LogP contribution in [0.3, 0.4) is 0 Å². The van der Waals surface area contributed by atoms with Gasteiger partial charge in [-0.25, -0.2) is 0 Å². The Morgan fingerprint density at radius 3 is 0.944 bits per heavy atom. The number of aromatic nitrogens is 1. The van der Waals surface area contributed by atoms with Gasteiger partial charge in [0, 0.05) is 95.7 Å². The molecule has 0 saturated heterocycles. The summed E-state index contributed by atoms with van der Waals surface area (Å²) in [6.45, 7) is -0.423. The zero-order chi connectivity index (χ0) is 57.5. The van der Waals surface area contributed by atoms with Crippen molar-refractivity contribution >= 4 is 182 Å². The summed E-state index contributed by atoms with van der Waals surface area (Å²) >= 11 is 0. The van der Waals surface area contributed by atoms with Gasteiger partial charge in [-0.15, -0.1) is 0 Å². The van der Waals surface area contributed by atoms with E-state index in [1.165, 1.54) is 116 Å². The summed E-state index contributed by atoms with van der Waals surface area (Å²) in [5.74, 6) is 3.62. The number of para-hydroxylation sites is 8. The first-order valence-electron chi connectivity index (χ1n) is 31.0. The Hall–Kier alpha value is -11.3. The monoisotopic (exact) mass is 1130 g/mol. The molecule has 89 heavy (non-hydrogen) atoms. The molecular formula is C78H45B4N5O2. The van der Waals surface area contributed by atoms with Gasteiger partial charge in [0.2, 0.25) is 0 Å². The van der Waals surface area contributed by atoms with Gasteiger partial charge >= 0.3 is 0 Å². The van der Waals surface area contributed by atoms with Crippen molar-refractivity contribution in [3.05, 3.63) is 273 Å². The normalized spacial score (nSPS) is 14.5. The van der Waals surface area contributed by atoms with Crippen molar-refractivity contribution in [3.63, 3.8) is 0 Å². The molecule has 9 heterocycles. The minimum atomic E-state index is -0.131. The minimum absolute atomic E-state index is 0.0805. The molecule has 8 aliphatic heterocycles. The van der Waals surface area contributed by atoms with Gasteiger partial charge in [0.25, 0.3) is 26.9 Å². The van der Waals surface area contributed by atoms with Gasteiger partial charge in [0.05, 0.1) is 0 Å². The second-order valence-corrected chi connectivity index (χ2v) is 24.9. The number of hydrogen-bond donors (Lipinski definition) is 0. The largest absolute Gasteiger partial charge is 0.458 e. The molecule has 406 valence electrons. The van der Waals surface area contributed by atoms with Crippen molar-refractivity contribution in [2.45, 2.75) is 0 Å². The van der Waals surface area contributed by atoms with Crippen LogP contribution >= 0.6 is 0 Å². The van der Waals surface area contributed by atoms with Crippen LogP contribution in [0.25, 0.3) is 27.5 Å². The van der Waals surface area contributed by atoms with Gasteiger partial charge in [-0.05, 0) is 169 Å².